The quantitative estimate of drug-likeness (QED) is 0.680. The topological polar surface area (TPSA) is 70.2 Å². The molecule has 2 atom stereocenters. The van der Waals surface area contributed by atoms with Gasteiger partial charge in [-0.2, -0.15) is 0 Å². The van der Waals surface area contributed by atoms with Crippen LogP contribution in [0.2, 0.25) is 0 Å². The molecular weight excluding hydrogens is 418 g/mol. The van der Waals surface area contributed by atoms with Gasteiger partial charge >= 0.3 is 0 Å². The largest absolute Gasteiger partial charge is 0.494 e. The fourth-order valence-corrected chi connectivity index (χ4v) is 4.61. The Labute approximate surface area is 194 Å². The molecule has 0 aliphatic carbocycles. The van der Waals surface area contributed by atoms with Crippen molar-refractivity contribution >= 4 is 17.7 Å². The highest BCUT2D eigenvalue weighted by Crippen LogP contribution is 2.29. The Morgan fingerprint density at radius 2 is 1.61 bits per heavy atom. The van der Waals surface area contributed by atoms with Crippen molar-refractivity contribution in [3.05, 3.63) is 65.7 Å². The number of piperazine rings is 1. The van der Waals surface area contributed by atoms with Gasteiger partial charge in [0.05, 0.1) is 18.6 Å². The van der Waals surface area contributed by atoms with E-state index in [4.69, 9.17) is 4.74 Å². The average Bonchev–Trinajstić information content (AvgIpc) is 3.25. The Hall–Kier alpha value is -3.35. The fourth-order valence-electron chi connectivity index (χ4n) is 4.61. The van der Waals surface area contributed by atoms with E-state index in [1.165, 1.54) is 0 Å². The Morgan fingerprint density at radius 3 is 2.24 bits per heavy atom. The summed E-state index contributed by atoms with van der Waals surface area (Å²) in [6, 6.07) is 17.0. The maximum absolute atomic E-state index is 13.1. The molecule has 2 heterocycles. The first-order chi connectivity index (χ1) is 16.0. The summed E-state index contributed by atoms with van der Waals surface area (Å²) in [5, 5.41) is 0. The van der Waals surface area contributed by atoms with E-state index in [1.807, 2.05) is 49.1 Å². The Kier molecular flexibility index (Phi) is 6.96. The van der Waals surface area contributed by atoms with Gasteiger partial charge in [-0.1, -0.05) is 30.3 Å². The molecule has 4 rings (SSSR count). The van der Waals surface area contributed by atoms with Crippen molar-refractivity contribution in [1.29, 1.82) is 0 Å². The predicted octanol–water partition coefficient (Wildman–Crippen LogP) is 2.98. The number of rotatable bonds is 6. The van der Waals surface area contributed by atoms with Gasteiger partial charge in [-0.15, -0.1) is 0 Å². The molecule has 174 valence electrons. The summed E-state index contributed by atoms with van der Waals surface area (Å²) in [5.74, 6) is 0.417. The molecule has 33 heavy (non-hydrogen) atoms. The molecule has 2 aromatic carbocycles. The molecule has 0 aromatic heterocycles. The van der Waals surface area contributed by atoms with Crippen LogP contribution in [0.4, 0.5) is 0 Å². The Bertz CT molecular complexity index is 984. The molecule has 0 radical (unpaired) electrons. The maximum atomic E-state index is 13.1. The zero-order valence-corrected chi connectivity index (χ0v) is 19.3. The first-order valence-electron chi connectivity index (χ1n) is 11.6. The van der Waals surface area contributed by atoms with Crippen LogP contribution >= 0.6 is 0 Å². The summed E-state index contributed by atoms with van der Waals surface area (Å²) in [5.41, 5.74) is 1.69. The summed E-state index contributed by atoms with van der Waals surface area (Å²) >= 11 is 0. The van der Waals surface area contributed by atoms with E-state index in [0.717, 1.165) is 11.3 Å². The third-order valence-electron chi connectivity index (χ3n) is 6.55. The molecule has 0 saturated carbocycles. The molecular formula is C26H31N3O4. The zero-order valence-electron chi connectivity index (χ0n) is 19.3. The molecule has 2 saturated heterocycles. The van der Waals surface area contributed by atoms with Gasteiger partial charge in [-0.25, -0.2) is 0 Å². The number of carbonyl (C=O) groups is 3. The van der Waals surface area contributed by atoms with Crippen LogP contribution < -0.4 is 4.74 Å². The SMILES string of the molecule is CCOc1ccc(C(=O)N2CCN(C(=O)C3CC(=O)N(C(C)c4ccccc4)C3)CC2)cc1. The number of amides is 3. The van der Waals surface area contributed by atoms with Crippen LogP contribution in [-0.2, 0) is 9.59 Å². The van der Waals surface area contributed by atoms with Crippen molar-refractivity contribution in [2.24, 2.45) is 5.92 Å². The van der Waals surface area contributed by atoms with Gasteiger partial charge in [0.25, 0.3) is 5.91 Å². The number of hydrogen-bond acceptors (Lipinski definition) is 4. The number of carbonyl (C=O) groups excluding carboxylic acids is 3. The van der Waals surface area contributed by atoms with Crippen molar-refractivity contribution < 1.29 is 19.1 Å². The lowest BCUT2D eigenvalue weighted by atomic mass is 10.1. The summed E-state index contributed by atoms with van der Waals surface area (Å²) in [6.45, 7) is 6.90. The van der Waals surface area contributed by atoms with E-state index < -0.39 is 0 Å². The second-order valence-electron chi connectivity index (χ2n) is 8.61. The molecule has 2 aliphatic heterocycles. The normalized spacial score (nSPS) is 19.5. The van der Waals surface area contributed by atoms with E-state index in [1.54, 1.807) is 34.1 Å². The van der Waals surface area contributed by atoms with Crippen molar-refractivity contribution in [2.45, 2.75) is 26.3 Å². The van der Waals surface area contributed by atoms with Crippen molar-refractivity contribution in [3.8, 4) is 5.75 Å². The highest BCUT2D eigenvalue weighted by atomic mass is 16.5. The Morgan fingerprint density at radius 1 is 0.970 bits per heavy atom. The predicted molar refractivity (Wildman–Crippen MR) is 125 cm³/mol. The highest BCUT2D eigenvalue weighted by Gasteiger charge is 2.39. The number of ether oxygens (including phenoxy) is 1. The third-order valence-corrected chi connectivity index (χ3v) is 6.55. The van der Waals surface area contributed by atoms with E-state index in [9.17, 15) is 14.4 Å². The molecule has 2 fully saturated rings. The minimum atomic E-state index is -0.322. The molecule has 2 unspecified atom stereocenters. The van der Waals surface area contributed by atoms with Gasteiger partial charge in [0, 0.05) is 44.7 Å². The molecule has 0 spiro atoms. The summed E-state index contributed by atoms with van der Waals surface area (Å²) in [4.78, 5) is 44.0. The standard InChI is InChI=1S/C26H31N3O4/c1-3-33-23-11-9-21(10-12-23)25(31)27-13-15-28(16-14-27)26(32)22-17-24(30)29(18-22)19(2)20-7-5-4-6-8-20/h4-12,19,22H,3,13-18H2,1-2H3. The van der Waals surface area contributed by atoms with Crippen molar-refractivity contribution in [1.82, 2.24) is 14.7 Å². The number of benzene rings is 2. The van der Waals surface area contributed by atoms with Gasteiger partial charge in [-0.3, -0.25) is 14.4 Å². The molecule has 0 N–H and O–H groups in total. The lowest BCUT2D eigenvalue weighted by molar-refractivity contribution is -0.137. The van der Waals surface area contributed by atoms with Gasteiger partial charge in [0.2, 0.25) is 11.8 Å². The first kappa shape index (κ1) is 22.8. The monoisotopic (exact) mass is 449 g/mol. The second-order valence-corrected chi connectivity index (χ2v) is 8.61. The van der Waals surface area contributed by atoms with Crippen LogP contribution in [0.3, 0.4) is 0 Å². The average molecular weight is 450 g/mol. The van der Waals surface area contributed by atoms with E-state index in [0.29, 0.717) is 44.9 Å². The summed E-state index contributed by atoms with van der Waals surface area (Å²) in [6.07, 6.45) is 0.251. The summed E-state index contributed by atoms with van der Waals surface area (Å²) in [7, 11) is 0. The lowest BCUT2D eigenvalue weighted by Gasteiger charge is -2.36. The Balaban J connectivity index is 1.31. The van der Waals surface area contributed by atoms with E-state index in [2.05, 4.69) is 0 Å². The maximum Gasteiger partial charge on any atom is 0.253 e. The minimum Gasteiger partial charge on any atom is -0.494 e. The number of nitrogens with zero attached hydrogens (tertiary/aromatic N) is 3. The van der Waals surface area contributed by atoms with Crippen LogP contribution in [0.5, 0.6) is 5.75 Å². The van der Waals surface area contributed by atoms with Crippen LogP contribution in [0, 0.1) is 5.92 Å². The molecule has 2 aromatic rings. The van der Waals surface area contributed by atoms with Gasteiger partial charge in [0.1, 0.15) is 5.75 Å². The first-order valence-corrected chi connectivity index (χ1v) is 11.6. The van der Waals surface area contributed by atoms with E-state index >= 15 is 0 Å². The lowest BCUT2D eigenvalue weighted by Crippen LogP contribution is -2.52. The van der Waals surface area contributed by atoms with Crippen molar-refractivity contribution in [3.63, 3.8) is 0 Å². The van der Waals surface area contributed by atoms with Crippen LogP contribution in [-0.4, -0.2) is 71.8 Å². The molecule has 0 bridgehead atoms. The highest BCUT2D eigenvalue weighted by molar-refractivity contribution is 5.94. The van der Waals surface area contributed by atoms with Gasteiger partial charge in [0.15, 0.2) is 0 Å². The van der Waals surface area contributed by atoms with Gasteiger partial charge in [-0.05, 0) is 43.7 Å². The third kappa shape index (κ3) is 5.02. The smallest absolute Gasteiger partial charge is 0.253 e. The second kappa shape index (κ2) is 10.1. The molecule has 3 amide bonds. The molecule has 2 aliphatic rings. The minimum absolute atomic E-state index is 0.0132. The zero-order chi connectivity index (χ0) is 23.4. The van der Waals surface area contributed by atoms with Crippen LogP contribution in [0.1, 0.15) is 42.2 Å². The van der Waals surface area contributed by atoms with Crippen LogP contribution in [0.25, 0.3) is 0 Å². The van der Waals surface area contributed by atoms with Gasteiger partial charge < -0.3 is 19.4 Å². The number of hydrogen-bond donors (Lipinski definition) is 0. The summed E-state index contributed by atoms with van der Waals surface area (Å²) < 4.78 is 5.43. The fraction of sp³-hybridized carbons (Fsp3) is 0.423. The number of likely N-dealkylation sites (tertiary alicyclic amines) is 1. The molecule has 7 nitrogen and oxygen atoms in total. The molecule has 7 heteroatoms. The van der Waals surface area contributed by atoms with Crippen molar-refractivity contribution in [2.75, 3.05) is 39.3 Å². The van der Waals surface area contributed by atoms with E-state index in [-0.39, 0.29) is 36.1 Å². The van der Waals surface area contributed by atoms with Crippen LogP contribution in [0.15, 0.2) is 54.6 Å².